The lowest BCUT2D eigenvalue weighted by atomic mass is 9.45. The van der Waals surface area contributed by atoms with Gasteiger partial charge in [-0.05, 0) is 86.4 Å². The topological polar surface area (TPSA) is 18.5 Å². The lowest BCUT2D eigenvalue weighted by molar-refractivity contribution is -0.234. The van der Waals surface area contributed by atoms with Crippen molar-refractivity contribution in [3.8, 4) is 0 Å². The van der Waals surface area contributed by atoms with Crippen LogP contribution in [0.25, 0.3) is 0 Å². The maximum atomic E-state index is 6.28. The van der Waals surface area contributed by atoms with Gasteiger partial charge in [-0.25, -0.2) is 0 Å². The van der Waals surface area contributed by atoms with E-state index in [0.717, 1.165) is 36.7 Å². The molecule has 4 saturated carbocycles. The molecular weight excluding hydrogens is 296 g/mol. The molecule has 1 aliphatic heterocycles. The highest BCUT2D eigenvalue weighted by atomic mass is 16.7. The van der Waals surface area contributed by atoms with E-state index < -0.39 is 0 Å². The Morgan fingerprint density at radius 3 is 2.54 bits per heavy atom. The summed E-state index contributed by atoms with van der Waals surface area (Å²) in [6.07, 6.45) is 14.3. The van der Waals surface area contributed by atoms with E-state index in [2.05, 4.69) is 20.8 Å². The van der Waals surface area contributed by atoms with Crippen LogP contribution in [-0.4, -0.2) is 18.5 Å². The Morgan fingerprint density at radius 1 is 0.875 bits per heavy atom. The number of hydrogen-bond donors (Lipinski definition) is 0. The van der Waals surface area contributed by atoms with Crippen molar-refractivity contribution in [1.82, 2.24) is 0 Å². The smallest absolute Gasteiger partial charge is 0.169 e. The second-order valence-corrected chi connectivity index (χ2v) is 10.6. The lowest BCUT2D eigenvalue weighted by Crippen LogP contribution is -2.55. The van der Waals surface area contributed by atoms with Crippen molar-refractivity contribution in [2.45, 2.75) is 96.9 Å². The molecule has 5 fully saturated rings. The van der Waals surface area contributed by atoms with E-state index in [9.17, 15) is 0 Å². The van der Waals surface area contributed by atoms with Crippen LogP contribution < -0.4 is 0 Å². The number of ether oxygens (including phenoxy) is 2. The summed E-state index contributed by atoms with van der Waals surface area (Å²) in [6.45, 7) is 8.24. The quantitative estimate of drug-likeness (QED) is 0.579. The van der Waals surface area contributed by atoms with Crippen molar-refractivity contribution < 1.29 is 9.47 Å². The highest BCUT2D eigenvalue weighted by Crippen LogP contribution is 2.67. The van der Waals surface area contributed by atoms with Gasteiger partial charge in [-0.15, -0.1) is 0 Å². The van der Waals surface area contributed by atoms with Gasteiger partial charge in [0.25, 0.3) is 0 Å². The van der Waals surface area contributed by atoms with Crippen molar-refractivity contribution >= 4 is 0 Å². The minimum atomic E-state index is -0.215. The van der Waals surface area contributed by atoms with Crippen molar-refractivity contribution in [2.75, 3.05) is 6.61 Å². The van der Waals surface area contributed by atoms with Gasteiger partial charge in [0.15, 0.2) is 5.79 Å². The lowest BCUT2D eigenvalue weighted by Gasteiger charge is -2.61. The molecule has 1 heterocycles. The van der Waals surface area contributed by atoms with Crippen molar-refractivity contribution in [3.63, 3.8) is 0 Å². The highest BCUT2D eigenvalue weighted by molar-refractivity contribution is 5.08. The molecule has 1 saturated heterocycles. The normalized spacial score (nSPS) is 59.9. The molecule has 5 aliphatic rings. The molecule has 0 aromatic rings. The van der Waals surface area contributed by atoms with Crippen LogP contribution >= 0.6 is 0 Å². The second kappa shape index (κ2) is 5.22. The highest BCUT2D eigenvalue weighted by Gasteiger charge is 2.60. The van der Waals surface area contributed by atoms with E-state index in [1.54, 1.807) is 0 Å². The number of hydrogen-bond acceptors (Lipinski definition) is 2. The Kier molecular flexibility index (Phi) is 3.51. The van der Waals surface area contributed by atoms with Crippen LogP contribution in [0.15, 0.2) is 0 Å². The third-order valence-electron chi connectivity index (χ3n) is 9.45. The summed E-state index contributed by atoms with van der Waals surface area (Å²) in [6, 6.07) is 0. The molecule has 0 aromatic carbocycles. The fourth-order valence-corrected chi connectivity index (χ4v) is 8.13. The summed E-state index contributed by atoms with van der Waals surface area (Å²) in [5.74, 6) is 3.63. The molecule has 0 radical (unpaired) electrons. The third kappa shape index (κ3) is 2.14. The van der Waals surface area contributed by atoms with Crippen LogP contribution in [0, 0.1) is 34.5 Å². The monoisotopic (exact) mass is 332 g/mol. The van der Waals surface area contributed by atoms with Crippen molar-refractivity contribution in [3.05, 3.63) is 0 Å². The first-order valence-corrected chi connectivity index (χ1v) is 10.8. The molecule has 1 spiro atoms. The molecule has 2 heteroatoms. The maximum Gasteiger partial charge on any atom is 0.169 e. The van der Waals surface area contributed by atoms with Crippen LogP contribution in [0.4, 0.5) is 0 Å². The van der Waals surface area contributed by atoms with Gasteiger partial charge in [0.2, 0.25) is 0 Å². The largest absolute Gasteiger partial charge is 0.347 e. The summed E-state index contributed by atoms with van der Waals surface area (Å²) in [7, 11) is 0. The van der Waals surface area contributed by atoms with Crippen LogP contribution in [0.2, 0.25) is 0 Å². The van der Waals surface area contributed by atoms with Gasteiger partial charge in [-0.2, -0.15) is 0 Å². The minimum Gasteiger partial charge on any atom is -0.347 e. The van der Waals surface area contributed by atoms with Gasteiger partial charge in [0.05, 0.1) is 12.7 Å². The van der Waals surface area contributed by atoms with Crippen LogP contribution in [0.1, 0.15) is 85.0 Å². The maximum absolute atomic E-state index is 6.28. The molecule has 0 bridgehead atoms. The Hall–Kier alpha value is -0.0800. The van der Waals surface area contributed by atoms with Gasteiger partial charge >= 0.3 is 0 Å². The van der Waals surface area contributed by atoms with Gasteiger partial charge in [-0.3, -0.25) is 0 Å². The van der Waals surface area contributed by atoms with E-state index >= 15 is 0 Å². The average molecular weight is 333 g/mol. The van der Waals surface area contributed by atoms with E-state index in [1.165, 1.54) is 57.8 Å². The van der Waals surface area contributed by atoms with E-state index in [-0.39, 0.29) is 5.79 Å². The van der Waals surface area contributed by atoms with Crippen LogP contribution in [0.3, 0.4) is 0 Å². The number of fused-ring (bicyclic) bond motifs is 5. The van der Waals surface area contributed by atoms with Gasteiger partial charge in [-0.1, -0.05) is 20.3 Å². The second-order valence-electron chi connectivity index (χ2n) is 10.6. The standard InChI is InChI=1S/C22H36O2/c1-15-14-23-22(24-15)12-11-21(3)16(13-22)6-7-17-18-5-4-9-20(18,2)10-8-19(17)21/h15-19H,4-14H2,1-3H3/t15-,16?,17?,18?,19?,20+,21+,22+/m1/s1. The fraction of sp³-hybridized carbons (Fsp3) is 1.00. The Bertz CT molecular complexity index is 518. The SMILES string of the molecule is C[C@@H]1CO[C@@]2(CC[C@@]3(C)C(CCC4C5CCC[C@@]5(C)CCC43)C2)O1. The predicted octanol–water partition coefficient (Wildman–Crippen LogP) is 5.55. The molecule has 0 amide bonds. The van der Waals surface area contributed by atoms with Crippen LogP contribution in [-0.2, 0) is 9.47 Å². The third-order valence-corrected chi connectivity index (χ3v) is 9.45. The van der Waals surface area contributed by atoms with Gasteiger partial charge in [0, 0.05) is 12.8 Å². The van der Waals surface area contributed by atoms with E-state index in [1.807, 2.05) is 0 Å². The molecule has 5 rings (SSSR count). The Balaban J connectivity index is 1.39. The van der Waals surface area contributed by atoms with Crippen LogP contribution in [0.5, 0.6) is 0 Å². The predicted molar refractivity (Wildman–Crippen MR) is 95.6 cm³/mol. The summed E-state index contributed by atoms with van der Waals surface area (Å²) >= 11 is 0. The molecule has 4 unspecified atom stereocenters. The molecule has 4 aliphatic carbocycles. The Morgan fingerprint density at radius 2 is 1.75 bits per heavy atom. The van der Waals surface area contributed by atoms with Gasteiger partial charge in [0.1, 0.15) is 0 Å². The minimum absolute atomic E-state index is 0.215. The zero-order valence-electron chi connectivity index (χ0n) is 16.0. The van der Waals surface area contributed by atoms with E-state index in [0.29, 0.717) is 16.9 Å². The molecule has 0 aromatic heterocycles. The molecule has 8 atom stereocenters. The first kappa shape index (κ1) is 16.1. The zero-order chi connectivity index (χ0) is 16.6. The first-order valence-electron chi connectivity index (χ1n) is 10.8. The molecule has 2 nitrogen and oxygen atoms in total. The summed E-state index contributed by atoms with van der Waals surface area (Å²) in [4.78, 5) is 0. The zero-order valence-corrected chi connectivity index (χ0v) is 16.0. The van der Waals surface area contributed by atoms with Crippen molar-refractivity contribution in [1.29, 1.82) is 0 Å². The number of rotatable bonds is 0. The average Bonchev–Trinajstić information content (AvgIpc) is 3.11. The molecule has 0 N–H and O–H groups in total. The Labute approximate surface area is 148 Å². The van der Waals surface area contributed by atoms with E-state index in [4.69, 9.17) is 9.47 Å². The molecule has 136 valence electrons. The summed E-state index contributed by atoms with van der Waals surface area (Å²) in [5, 5.41) is 0. The fourth-order valence-electron chi connectivity index (χ4n) is 8.13. The van der Waals surface area contributed by atoms with Crippen molar-refractivity contribution in [2.24, 2.45) is 34.5 Å². The summed E-state index contributed by atoms with van der Waals surface area (Å²) in [5.41, 5.74) is 1.24. The first-order chi connectivity index (χ1) is 11.4. The van der Waals surface area contributed by atoms with Gasteiger partial charge < -0.3 is 9.47 Å². The molecule has 24 heavy (non-hydrogen) atoms. The summed E-state index contributed by atoms with van der Waals surface area (Å²) < 4.78 is 12.5. The molecular formula is C22H36O2.